The number of aromatic nitrogens is 3. The number of anilines is 2. The predicted octanol–water partition coefficient (Wildman–Crippen LogP) is 2.03. The molecule has 0 radical (unpaired) electrons. The number of phenols is 1. The minimum absolute atomic E-state index is 0.0532. The Hall–Kier alpha value is -3.52. The zero-order valence-corrected chi connectivity index (χ0v) is 15.2. The van der Waals surface area contributed by atoms with Crippen molar-refractivity contribution < 1.29 is 9.90 Å². The Kier molecular flexibility index (Phi) is 5.11. The van der Waals surface area contributed by atoms with Crippen LogP contribution >= 0.6 is 0 Å². The molecule has 3 N–H and O–H groups in total. The smallest absolute Gasteiger partial charge is 0.272 e. The summed E-state index contributed by atoms with van der Waals surface area (Å²) in [5.41, 5.74) is 2.90. The van der Waals surface area contributed by atoms with Gasteiger partial charge in [-0.05, 0) is 29.8 Å². The molecule has 0 bridgehead atoms. The molecule has 1 fully saturated rings. The lowest BCUT2D eigenvalue weighted by atomic mass is 10.1. The van der Waals surface area contributed by atoms with Crippen LogP contribution in [0.15, 0.2) is 55.0 Å². The lowest BCUT2D eigenvalue weighted by molar-refractivity contribution is 0.0730. The van der Waals surface area contributed by atoms with Crippen molar-refractivity contribution in [2.75, 3.05) is 31.5 Å². The van der Waals surface area contributed by atoms with Crippen molar-refractivity contribution in [3.8, 4) is 16.9 Å². The van der Waals surface area contributed by atoms with Gasteiger partial charge in [0.25, 0.3) is 5.91 Å². The van der Waals surface area contributed by atoms with E-state index in [0.29, 0.717) is 30.4 Å². The van der Waals surface area contributed by atoms with Crippen LogP contribution in [-0.2, 0) is 0 Å². The Labute approximate surface area is 162 Å². The summed E-state index contributed by atoms with van der Waals surface area (Å²) in [5, 5.41) is 15.7. The maximum absolute atomic E-state index is 12.4. The third-order valence-corrected chi connectivity index (χ3v) is 4.50. The lowest BCUT2D eigenvalue weighted by Crippen LogP contribution is -2.46. The molecule has 3 aromatic rings. The number of aromatic hydroxyl groups is 1. The molecule has 0 unspecified atom stereocenters. The zero-order chi connectivity index (χ0) is 19.3. The van der Waals surface area contributed by atoms with E-state index < -0.39 is 0 Å². The highest BCUT2D eigenvalue weighted by atomic mass is 16.3. The summed E-state index contributed by atoms with van der Waals surface area (Å²) in [6, 6.07) is 10.3. The minimum atomic E-state index is -0.0532. The Morgan fingerprint density at radius 2 is 1.64 bits per heavy atom. The van der Waals surface area contributed by atoms with E-state index in [1.165, 1.54) is 0 Å². The Morgan fingerprint density at radius 1 is 0.929 bits per heavy atom. The second-order valence-corrected chi connectivity index (χ2v) is 6.44. The fourth-order valence-corrected chi connectivity index (χ4v) is 2.95. The van der Waals surface area contributed by atoms with E-state index in [1.54, 1.807) is 59.9 Å². The normalized spacial score (nSPS) is 13.9. The van der Waals surface area contributed by atoms with Gasteiger partial charge in [0.2, 0.25) is 5.95 Å². The van der Waals surface area contributed by atoms with Gasteiger partial charge in [0.15, 0.2) is 0 Å². The highest BCUT2D eigenvalue weighted by molar-refractivity contribution is 5.92. The van der Waals surface area contributed by atoms with Crippen molar-refractivity contribution in [3.63, 3.8) is 0 Å². The Balaban J connectivity index is 1.41. The molecule has 1 aliphatic rings. The monoisotopic (exact) mass is 376 g/mol. The number of carbonyl (C=O) groups is 1. The molecular weight excluding hydrogens is 356 g/mol. The molecule has 0 saturated carbocycles. The van der Waals surface area contributed by atoms with E-state index in [9.17, 15) is 9.90 Å². The predicted molar refractivity (Wildman–Crippen MR) is 105 cm³/mol. The van der Waals surface area contributed by atoms with Crippen LogP contribution in [0.25, 0.3) is 11.1 Å². The van der Waals surface area contributed by atoms with Gasteiger partial charge in [0, 0.05) is 44.1 Å². The topological polar surface area (TPSA) is 103 Å². The van der Waals surface area contributed by atoms with Crippen LogP contribution < -0.4 is 10.6 Å². The first-order valence-corrected chi connectivity index (χ1v) is 9.03. The number of nitrogens with one attached hydrogen (secondary N) is 2. The highest BCUT2D eigenvalue weighted by Crippen LogP contribution is 2.21. The third kappa shape index (κ3) is 4.07. The van der Waals surface area contributed by atoms with Crippen LogP contribution in [0, 0.1) is 0 Å². The standard InChI is InChI=1S/C20H20N6O2/c27-17-4-1-14(2-5-17)15-11-23-20(24-12-15)25-16-3-6-18(22-13-16)19(28)26-9-7-21-8-10-26/h1-6,11-13,21,27H,7-10H2,(H,23,24,25). The average Bonchev–Trinajstić information content (AvgIpc) is 2.76. The summed E-state index contributed by atoms with van der Waals surface area (Å²) in [7, 11) is 0. The highest BCUT2D eigenvalue weighted by Gasteiger charge is 2.18. The van der Waals surface area contributed by atoms with Gasteiger partial charge in [-0.1, -0.05) is 12.1 Å². The molecule has 8 heteroatoms. The van der Waals surface area contributed by atoms with Gasteiger partial charge in [-0.3, -0.25) is 4.79 Å². The van der Waals surface area contributed by atoms with Crippen molar-refractivity contribution in [1.82, 2.24) is 25.2 Å². The molecule has 3 heterocycles. The van der Waals surface area contributed by atoms with E-state index in [0.717, 1.165) is 24.2 Å². The van der Waals surface area contributed by atoms with Crippen LogP contribution in [0.4, 0.5) is 11.6 Å². The van der Waals surface area contributed by atoms with Crippen molar-refractivity contribution >= 4 is 17.5 Å². The van der Waals surface area contributed by atoms with E-state index in [-0.39, 0.29) is 11.7 Å². The summed E-state index contributed by atoms with van der Waals surface area (Å²) in [6.07, 6.45) is 5.02. The SMILES string of the molecule is O=C(c1ccc(Nc2ncc(-c3ccc(O)cc3)cn2)cn1)N1CCNCC1. The Bertz CT molecular complexity index is 936. The van der Waals surface area contributed by atoms with Gasteiger partial charge < -0.3 is 20.6 Å². The number of rotatable bonds is 4. The quantitative estimate of drug-likeness (QED) is 0.640. The minimum Gasteiger partial charge on any atom is -0.508 e. The summed E-state index contributed by atoms with van der Waals surface area (Å²) >= 11 is 0. The number of nitrogens with zero attached hydrogens (tertiary/aromatic N) is 4. The Morgan fingerprint density at radius 3 is 2.29 bits per heavy atom. The third-order valence-electron chi connectivity index (χ3n) is 4.50. The maximum Gasteiger partial charge on any atom is 0.272 e. The van der Waals surface area contributed by atoms with E-state index in [1.807, 2.05) is 0 Å². The number of amides is 1. The number of pyridine rings is 1. The number of piperazine rings is 1. The van der Waals surface area contributed by atoms with Crippen molar-refractivity contribution in [2.24, 2.45) is 0 Å². The molecule has 4 rings (SSSR count). The van der Waals surface area contributed by atoms with E-state index in [4.69, 9.17) is 0 Å². The van der Waals surface area contributed by atoms with Crippen LogP contribution in [0.5, 0.6) is 5.75 Å². The van der Waals surface area contributed by atoms with Crippen LogP contribution in [0.1, 0.15) is 10.5 Å². The van der Waals surface area contributed by atoms with Crippen LogP contribution in [0.2, 0.25) is 0 Å². The maximum atomic E-state index is 12.4. The molecule has 0 atom stereocenters. The second kappa shape index (κ2) is 8.01. The number of hydrogen-bond donors (Lipinski definition) is 3. The molecule has 0 aliphatic carbocycles. The number of phenolic OH excluding ortho intramolecular Hbond substituents is 1. The van der Waals surface area contributed by atoms with Gasteiger partial charge in [0.05, 0.1) is 11.9 Å². The molecule has 1 amide bonds. The van der Waals surface area contributed by atoms with Crippen LogP contribution in [-0.4, -0.2) is 57.0 Å². The van der Waals surface area contributed by atoms with Gasteiger partial charge in [-0.2, -0.15) is 0 Å². The lowest BCUT2D eigenvalue weighted by Gasteiger charge is -2.27. The van der Waals surface area contributed by atoms with Crippen molar-refractivity contribution in [1.29, 1.82) is 0 Å². The number of benzene rings is 1. The van der Waals surface area contributed by atoms with Crippen molar-refractivity contribution in [2.45, 2.75) is 0 Å². The largest absolute Gasteiger partial charge is 0.508 e. The summed E-state index contributed by atoms with van der Waals surface area (Å²) in [6.45, 7) is 3.01. The second-order valence-electron chi connectivity index (χ2n) is 6.44. The molecule has 1 aromatic carbocycles. The van der Waals surface area contributed by atoms with Gasteiger partial charge in [-0.15, -0.1) is 0 Å². The molecule has 28 heavy (non-hydrogen) atoms. The van der Waals surface area contributed by atoms with E-state index >= 15 is 0 Å². The molecule has 1 saturated heterocycles. The number of hydrogen-bond acceptors (Lipinski definition) is 7. The number of carbonyl (C=O) groups excluding carboxylic acids is 1. The summed E-state index contributed by atoms with van der Waals surface area (Å²) in [4.78, 5) is 27.1. The molecular formula is C20H20N6O2. The molecule has 0 spiro atoms. The fourth-order valence-electron chi connectivity index (χ4n) is 2.95. The molecule has 2 aromatic heterocycles. The zero-order valence-electron chi connectivity index (χ0n) is 15.2. The molecule has 1 aliphatic heterocycles. The van der Waals surface area contributed by atoms with E-state index in [2.05, 4.69) is 25.6 Å². The molecule has 142 valence electrons. The van der Waals surface area contributed by atoms with Gasteiger partial charge in [-0.25, -0.2) is 15.0 Å². The first kappa shape index (κ1) is 17.9. The summed E-state index contributed by atoms with van der Waals surface area (Å²) in [5.74, 6) is 0.599. The average molecular weight is 376 g/mol. The summed E-state index contributed by atoms with van der Waals surface area (Å²) < 4.78 is 0. The van der Waals surface area contributed by atoms with Gasteiger partial charge in [0.1, 0.15) is 11.4 Å². The molecule has 8 nitrogen and oxygen atoms in total. The first-order chi connectivity index (χ1) is 13.7. The van der Waals surface area contributed by atoms with Gasteiger partial charge >= 0.3 is 0 Å². The first-order valence-electron chi connectivity index (χ1n) is 9.03. The van der Waals surface area contributed by atoms with Crippen LogP contribution in [0.3, 0.4) is 0 Å². The fraction of sp³-hybridized carbons (Fsp3) is 0.200. The van der Waals surface area contributed by atoms with Crippen molar-refractivity contribution in [3.05, 3.63) is 60.7 Å².